The molecule has 1 unspecified atom stereocenters. The topological polar surface area (TPSA) is 27.2 Å². The number of benzene rings is 1. The molecular weight excluding hydrogens is 379 g/mol. The first kappa shape index (κ1) is 17.3. The van der Waals surface area contributed by atoms with Crippen molar-refractivity contribution in [1.29, 1.82) is 0 Å². The van der Waals surface area contributed by atoms with Gasteiger partial charge in [-0.3, -0.25) is 0 Å². The van der Waals surface area contributed by atoms with E-state index in [1.807, 2.05) is 27.6 Å². The van der Waals surface area contributed by atoms with Crippen LogP contribution in [-0.4, -0.2) is 20.9 Å². The van der Waals surface area contributed by atoms with Gasteiger partial charge in [0, 0.05) is 35.4 Å². The Balaban J connectivity index is 1.47. The monoisotopic (exact) mass is 401 g/mol. The van der Waals surface area contributed by atoms with Crippen LogP contribution >= 0.6 is 23.6 Å². The maximum absolute atomic E-state index is 13.3. The molecule has 0 radical (unpaired) electrons. The van der Waals surface area contributed by atoms with Crippen molar-refractivity contribution in [1.82, 2.24) is 14.3 Å². The molecule has 2 atom stereocenters. The molecule has 1 fully saturated rings. The summed E-state index contributed by atoms with van der Waals surface area (Å²) in [4.78, 5) is 3.12. The molecule has 7 heteroatoms. The number of thiophene rings is 1. The van der Waals surface area contributed by atoms with Gasteiger partial charge in [0.15, 0.2) is 12.5 Å². The minimum absolute atomic E-state index is 0.240. The Morgan fingerprint density at radius 3 is 2.78 bits per heavy atom. The Hall–Kier alpha value is -1.83. The van der Waals surface area contributed by atoms with Crippen LogP contribution in [0, 0.1) is 16.5 Å². The summed E-state index contributed by atoms with van der Waals surface area (Å²) >= 11 is 7.57. The lowest BCUT2D eigenvalue weighted by molar-refractivity contribution is -0.958. The average molecular weight is 402 g/mol. The summed E-state index contributed by atoms with van der Waals surface area (Å²) in [6.07, 6.45) is 3.80. The van der Waals surface area contributed by atoms with Gasteiger partial charge in [0.2, 0.25) is 4.77 Å². The third-order valence-corrected chi connectivity index (χ3v) is 7.30. The van der Waals surface area contributed by atoms with Crippen molar-refractivity contribution < 1.29 is 9.29 Å². The van der Waals surface area contributed by atoms with E-state index < -0.39 is 0 Å². The summed E-state index contributed by atoms with van der Waals surface area (Å²) in [6, 6.07) is 9.34. The van der Waals surface area contributed by atoms with Crippen molar-refractivity contribution in [2.24, 2.45) is 13.0 Å². The van der Waals surface area contributed by atoms with Crippen molar-refractivity contribution in [3.05, 3.63) is 56.7 Å². The molecule has 2 aliphatic rings. The van der Waals surface area contributed by atoms with Crippen molar-refractivity contribution in [2.75, 3.05) is 6.54 Å². The molecule has 0 saturated heterocycles. The van der Waals surface area contributed by atoms with E-state index in [1.54, 1.807) is 27.5 Å². The van der Waals surface area contributed by atoms with Gasteiger partial charge >= 0.3 is 0 Å². The highest BCUT2D eigenvalue weighted by Gasteiger charge is 2.43. The Morgan fingerprint density at radius 1 is 1.26 bits per heavy atom. The predicted octanol–water partition coefficient (Wildman–Crippen LogP) is 3.37. The van der Waals surface area contributed by atoms with Crippen LogP contribution in [0.2, 0.25) is 0 Å². The minimum Gasteiger partial charge on any atom is -0.310 e. The van der Waals surface area contributed by atoms with E-state index in [1.165, 1.54) is 25.0 Å². The van der Waals surface area contributed by atoms with E-state index in [0.717, 1.165) is 36.9 Å². The number of hydrogen-bond donors (Lipinski definition) is 1. The lowest BCUT2D eigenvalue weighted by Gasteiger charge is -2.32. The van der Waals surface area contributed by atoms with Crippen molar-refractivity contribution >= 4 is 23.6 Å². The fourth-order valence-corrected chi connectivity index (χ4v) is 5.43. The molecule has 0 bridgehead atoms. The van der Waals surface area contributed by atoms with E-state index in [0.29, 0.717) is 10.8 Å². The van der Waals surface area contributed by atoms with Crippen LogP contribution < -0.4 is 4.90 Å². The molecule has 1 saturated carbocycles. The number of hydrogen-bond acceptors (Lipinski definition) is 3. The van der Waals surface area contributed by atoms with Crippen molar-refractivity contribution in [3.63, 3.8) is 0 Å². The van der Waals surface area contributed by atoms with Gasteiger partial charge in [-0.15, -0.1) is 16.4 Å². The zero-order valence-corrected chi connectivity index (χ0v) is 16.8. The fourth-order valence-electron chi connectivity index (χ4n) is 4.31. The van der Waals surface area contributed by atoms with Crippen LogP contribution in [0.4, 0.5) is 4.39 Å². The lowest BCUT2D eigenvalue weighted by atomic mass is 9.96. The largest absolute Gasteiger partial charge is 0.310 e. The molecular formula is C20H22FN4S2+. The Morgan fingerprint density at radius 2 is 2.04 bits per heavy atom. The second kappa shape index (κ2) is 6.65. The number of nitrogens with one attached hydrogen (secondary N) is 1. The van der Waals surface area contributed by atoms with Gasteiger partial charge in [0.1, 0.15) is 11.9 Å². The summed E-state index contributed by atoms with van der Waals surface area (Å²) in [6.45, 7) is 1.91. The summed E-state index contributed by atoms with van der Waals surface area (Å²) < 4.78 is 17.9. The number of aromatic nitrogens is 3. The van der Waals surface area contributed by atoms with Crippen LogP contribution in [0.5, 0.6) is 0 Å². The van der Waals surface area contributed by atoms with Crippen LogP contribution in [0.3, 0.4) is 0 Å². The van der Waals surface area contributed by atoms with E-state index in [-0.39, 0.29) is 5.82 Å². The molecule has 4 nitrogen and oxygen atoms in total. The quantitative estimate of drug-likeness (QED) is 0.679. The zero-order chi connectivity index (χ0) is 18.5. The molecule has 1 aliphatic carbocycles. The van der Waals surface area contributed by atoms with Crippen molar-refractivity contribution in [3.8, 4) is 11.4 Å². The summed E-state index contributed by atoms with van der Waals surface area (Å²) in [5.74, 6) is 1.34. The second-order valence-electron chi connectivity index (χ2n) is 7.60. The first-order valence-corrected chi connectivity index (χ1v) is 10.7. The molecule has 3 heterocycles. The summed E-state index contributed by atoms with van der Waals surface area (Å²) in [5.41, 5.74) is 2.43. The van der Waals surface area contributed by atoms with Gasteiger partial charge < -0.3 is 9.47 Å². The lowest BCUT2D eigenvalue weighted by Crippen LogP contribution is -3.13. The predicted molar refractivity (Wildman–Crippen MR) is 107 cm³/mol. The zero-order valence-electron chi connectivity index (χ0n) is 15.2. The van der Waals surface area contributed by atoms with Gasteiger partial charge in [-0.05, 0) is 60.8 Å². The maximum atomic E-state index is 13.3. The van der Waals surface area contributed by atoms with Crippen LogP contribution in [0.1, 0.15) is 29.3 Å². The molecule has 3 aromatic rings. The van der Waals surface area contributed by atoms with E-state index >= 15 is 0 Å². The number of nitrogens with zero attached hydrogens (tertiary/aromatic N) is 3. The molecule has 1 N–H and O–H groups in total. The second-order valence-corrected chi connectivity index (χ2v) is 8.97. The molecule has 2 aromatic heterocycles. The number of rotatable bonds is 4. The first-order chi connectivity index (χ1) is 13.1. The molecule has 0 amide bonds. The Kier molecular flexibility index (Phi) is 4.26. The Bertz CT molecular complexity index is 1030. The van der Waals surface area contributed by atoms with Crippen LogP contribution in [-0.2, 0) is 20.1 Å². The van der Waals surface area contributed by atoms with E-state index in [2.05, 4.69) is 11.4 Å². The fraction of sp³-hybridized carbons (Fsp3) is 0.400. The highest BCUT2D eigenvalue weighted by atomic mass is 32.1. The van der Waals surface area contributed by atoms with Gasteiger partial charge in [-0.1, -0.05) is 0 Å². The van der Waals surface area contributed by atoms with E-state index in [9.17, 15) is 4.39 Å². The van der Waals surface area contributed by atoms with Crippen LogP contribution in [0.25, 0.3) is 11.4 Å². The van der Waals surface area contributed by atoms with Gasteiger partial charge in [-0.2, -0.15) is 4.68 Å². The third-order valence-electron chi connectivity index (χ3n) is 5.82. The van der Waals surface area contributed by atoms with Crippen LogP contribution in [0.15, 0.2) is 35.7 Å². The normalized spacial score (nSPS) is 22.0. The summed E-state index contributed by atoms with van der Waals surface area (Å²) in [5, 5.41) is 7.03. The minimum atomic E-state index is -0.240. The third kappa shape index (κ3) is 3.07. The number of quaternary nitrogens is 1. The van der Waals surface area contributed by atoms with Gasteiger partial charge in [-0.25, -0.2) is 4.39 Å². The molecule has 27 heavy (non-hydrogen) atoms. The molecule has 1 aromatic carbocycles. The van der Waals surface area contributed by atoms with Crippen molar-refractivity contribution in [2.45, 2.75) is 32.0 Å². The standard InChI is InChI=1S/C20H21FN4S2/c1-23-19(14-4-6-15(21)7-5-14)22-25(20(23)26)12-24-10-8-17-16(9-11-27-17)18(24)13-2-3-13/h4-7,9,11,13,18H,2-3,8,10,12H2,1H3/p+1/t18-/m0/s1. The van der Waals surface area contributed by atoms with Gasteiger partial charge in [0.25, 0.3) is 0 Å². The number of fused-ring (bicyclic) bond motifs is 1. The SMILES string of the molecule is Cn1c(-c2ccc(F)cc2)nn(C[NH+]2CCc3sccc3[C@@H]2C2CC2)c1=S. The summed E-state index contributed by atoms with van der Waals surface area (Å²) in [7, 11) is 1.94. The van der Waals surface area contributed by atoms with Gasteiger partial charge in [0.05, 0.1) is 6.54 Å². The highest BCUT2D eigenvalue weighted by molar-refractivity contribution is 7.71. The smallest absolute Gasteiger partial charge is 0.202 e. The Labute approximate surface area is 166 Å². The maximum Gasteiger partial charge on any atom is 0.202 e. The first-order valence-electron chi connectivity index (χ1n) is 9.42. The molecule has 140 valence electrons. The molecule has 5 rings (SSSR count). The molecule has 0 spiro atoms. The average Bonchev–Trinajstić information content (AvgIpc) is 3.33. The highest BCUT2D eigenvalue weighted by Crippen LogP contribution is 2.42. The van der Waals surface area contributed by atoms with E-state index in [4.69, 9.17) is 17.3 Å². The molecule has 1 aliphatic heterocycles. The number of halogens is 1.